The number of carboxylic acids is 1. The second kappa shape index (κ2) is 5.11. The van der Waals surface area contributed by atoms with Gasteiger partial charge in [-0.2, -0.15) is 0 Å². The van der Waals surface area contributed by atoms with E-state index in [2.05, 4.69) is 5.32 Å². The van der Waals surface area contributed by atoms with E-state index < -0.39 is 24.0 Å². The number of carbonyl (C=O) groups excluding carboxylic acids is 1. The lowest BCUT2D eigenvalue weighted by Gasteiger charge is -2.18. The lowest BCUT2D eigenvalue weighted by atomic mass is 10.1. The number of rotatable bonds is 6. The molecule has 0 bridgehead atoms. The van der Waals surface area contributed by atoms with Crippen molar-refractivity contribution in [3.05, 3.63) is 0 Å². The van der Waals surface area contributed by atoms with Crippen LogP contribution in [0.4, 0.5) is 0 Å². The fourth-order valence-electron chi connectivity index (χ4n) is 1.44. The van der Waals surface area contributed by atoms with Crippen molar-refractivity contribution in [2.45, 2.75) is 38.8 Å². The third kappa shape index (κ3) is 3.51. The minimum Gasteiger partial charge on any atom is -0.480 e. The van der Waals surface area contributed by atoms with Gasteiger partial charge in [-0.3, -0.25) is 14.9 Å². The minimum absolute atomic E-state index is 0.166. The molecule has 0 aromatic carbocycles. The second-order valence-corrected chi connectivity index (χ2v) is 3.79. The molecule has 1 saturated carbocycles. The number of ether oxygens (including phenoxy) is 1. The quantitative estimate of drug-likeness (QED) is 0.627. The summed E-state index contributed by atoms with van der Waals surface area (Å²) in [6.07, 6.45) is 1.83. The van der Waals surface area contributed by atoms with Crippen molar-refractivity contribution in [2.24, 2.45) is 5.92 Å². The van der Waals surface area contributed by atoms with E-state index in [-0.39, 0.29) is 5.92 Å². The second-order valence-electron chi connectivity index (χ2n) is 3.79. The van der Waals surface area contributed by atoms with Crippen LogP contribution in [-0.4, -0.2) is 35.7 Å². The van der Waals surface area contributed by atoms with E-state index in [1.807, 2.05) is 0 Å². The normalized spacial score (nSPS) is 19.3. The van der Waals surface area contributed by atoms with Crippen molar-refractivity contribution in [3.63, 3.8) is 0 Å². The van der Waals surface area contributed by atoms with Crippen molar-refractivity contribution < 1.29 is 19.4 Å². The largest absolute Gasteiger partial charge is 0.480 e. The summed E-state index contributed by atoms with van der Waals surface area (Å²) in [6.45, 7) is 3.66. The van der Waals surface area contributed by atoms with E-state index in [1.54, 1.807) is 13.8 Å². The molecule has 0 aliphatic heterocycles. The molecule has 2 atom stereocenters. The minimum atomic E-state index is -0.895. The number of carbonyl (C=O) groups is 2. The summed E-state index contributed by atoms with van der Waals surface area (Å²) in [4.78, 5) is 22.1. The predicted molar refractivity (Wildman–Crippen MR) is 53.4 cm³/mol. The number of carboxylic acid groups (broad SMARTS) is 1. The molecular formula is C10H17NO4. The number of esters is 1. The van der Waals surface area contributed by atoms with Crippen LogP contribution in [0.5, 0.6) is 0 Å². The third-order valence-corrected chi connectivity index (χ3v) is 2.43. The number of hydrogen-bond acceptors (Lipinski definition) is 4. The van der Waals surface area contributed by atoms with Gasteiger partial charge < -0.3 is 9.84 Å². The van der Waals surface area contributed by atoms with E-state index in [0.29, 0.717) is 6.61 Å². The van der Waals surface area contributed by atoms with Gasteiger partial charge in [-0.25, -0.2) is 0 Å². The molecule has 1 fully saturated rings. The first-order chi connectivity index (χ1) is 7.06. The molecule has 5 nitrogen and oxygen atoms in total. The Labute approximate surface area is 88.8 Å². The maximum atomic E-state index is 11.3. The van der Waals surface area contributed by atoms with Crippen LogP contribution in [0.2, 0.25) is 0 Å². The van der Waals surface area contributed by atoms with Crippen molar-refractivity contribution in [3.8, 4) is 0 Å². The van der Waals surface area contributed by atoms with Crippen molar-refractivity contribution in [2.75, 3.05) is 6.61 Å². The van der Waals surface area contributed by atoms with Gasteiger partial charge in [-0.1, -0.05) is 0 Å². The van der Waals surface area contributed by atoms with Crippen LogP contribution >= 0.6 is 0 Å². The van der Waals surface area contributed by atoms with Crippen LogP contribution in [0.1, 0.15) is 26.7 Å². The highest BCUT2D eigenvalue weighted by atomic mass is 16.5. The van der Waals surface area contributed by atoms with Gasteiger partial charge in [-0.15, -0.1) is 0 Å². The molecule has 0 aromatic heterocycles. The Hall–Kier alpha value is -1.10. The average Bonchev–Trinajstić information content (AvgIpc) is 2.97. The van der Waals surface area contributed by atoms with Crippen molar-refractivity contribution in [1.29, 1.82) is 0 Å². The van der Waals surface area contributed by atoms with E-state index in [9.17, 15) is 9.59 Å². The lowest BCUT2D eigenvalue weighted by molar-refractivity contribution is -0.146. The molecule has 0 spiro atoms. The van der Waals surface area contributed by atoms with Crippen molar-refractivity contribution in [1.82, 2.24) is 5.32 Å². The Morgan fingerprint density at radius 1 is 1.53 bits per heavy atom. The zero-order chi connectivity index (χ0) is 11.4. The molecule has 0 radical (unpaired) electrons. The molecule has 2 unspecified atom stereocenters. The Balaban J connectivity index is 2.43. The molecule has 15 heavy (non-hydrogen) atoms. The number of nitrogens with one attached hydrogen (secondary N) is 1. The van der Waals surface area contributed by atoms with Crippen LogP contribution in [0.15, 0.2) is 0 Å². The number of aliphatic carboxylic acids is 1. The van der Waals surface area contributed by atoms with Gasteiger partial charge in [0.25, 0.3) is 0 Å². The van der Waals surface area contributed by atoms with Crippen LogP contribution < -0.4 is 5.32 Å². The summed E-state index contributed by atoms with van der Waals surface area (Å²) in [5, 5.41) is 11.7. The Kier molecular flexibility index (Phi) is 4.08. The summed E-state index contributed by atoms with van der Waals surface area (Å²) in [6, 6.07) is -1.18. The predicted octanol–water partition coefficient (Wildman–Crippen LogP) is 0.391. The maximum absolute atomic E-state index is 11.3. The van der Waals surface area contributed by atoms with Gasteiger partial charge in [-0.05, 0) is 32.6 Å². The van der Waals surface area contributed by atoms with E-state index in [0.717, 1.165) is 12.8 Å². The summed E-state index contributed by atoms with van der Waals surface area (Å²) >= 11 is 0. The fraction of sp³-hybridized carbons (Fsp3) is 0.800. The van der Waals surface area contributed by atoms with Crippen molar-refractivity contribution >= 4 is 11.9 Å². The van der Waals surface area contributed by atoms with Gasteiger partial charge >= 0.3 is 11.9 Å². The fourth-order valence-corrected chi connectivity index (χ4v) is 1.44. The molecule has 0 amide bonds. The zero-order valence-electron chi connectivity index (χ0n) is 9.03. The molecular weight excluding hydrogens is 198 g/mol. The lowest BCUT2D eigenvalue weighted by Crippen LogP contribution is -2.47. The van der Waals surface area contributed by atoms with Gasteiger partial charge in [0, 0.05) is 0 Å². The van der Waals surface area contributed by atoms with Crippen LogP contribution in [-0.2, 0) is 14.3 Å². The van der Waals surface area contributed by atoms with E-state index in [1.165, 1.54) is 0 Å². The monoisotopic (exact) mass is 215 g/mol. The Morgan fingerprint density at radius 2 is 2.13 bits per heavy atom. The Bertz CT molecular complexity index is 250. The molecule has 5 heteroatoms. The highest BCUT2D eigenvalue weighted by Crippen LogP contribution is 2.32. The first kappa shape index (κ1) is 12.0. The molecule has 0 saturated heterocycles. The summed E-state index contributed by atoms with van der Waals surface area (Å²) < 4.78 is 4.79. The van der Waals surface area contributed by atoms with Crippen LogP contribution in [0.3, 0.4) is 0 Å². The topological polar surface area (TPSA) is 75.6 Å². The van der Waals surface area contributed by atoms with Gasteiger partial charge in [0.05, 0.1) is 6.61 Å². The molecule has 86 valence electrons. The molecule has 2 N–H and O–H groups in total. The molecule has 0 heterocycles. The van der Waals surface area contributed by atoms with Crippen LogP contribution in [0, 0.1) is 5.92 Å². The van der Waals surface area contributed by atoms with Gasteiger partial charge in [0.2, 0.25) is 0 Å². The van der Waals surface area contributed by atoms with E-state index in [4.69, 9.17) is 9.84 Å². The smallest absolute Gasteiger partial charge is 0.322 e. The Morgan fingerprint density at radius 3 is 2.53 bits per heavy atom. The van der Waals surface area contributed by atoms with Gasteiger partial charge in [0.15, 0.2) is 0 Å². The summed E-state index contributed by atoms with van der Waals surface area (Å²) in [5.74, 6) is -1.13. The first-order valence-corrected chi connectivity index (χ1v) is 5.21. The number of hydrogen-bond donors (Lipinski definition) is 2. The van der Waals surface area contributed by atoms with Crippen LogP contribution in [0.25, 0.3) is 0 Å². The summed E-state index contributed by atoms with van der Waals surface area (Å²) in [7, 11) is 0. The van der Waals surface area contributed by atoms with E-state index >= 15 is 0 Å². The summed E-state index contributed by atoms with van der Waals surface area (Å²) in [5.41, 5.74) is 0. The van der Waals surface area contributed by atoms with Gasteiger partial charge in [0.1, 0.15) is 12.1 Å². The SMILES string of the molecule is CCOC(=O)C(C)NC(C(=O)O)C1CC1. The first-order valence-electron chi connectivity index (χ1n) is 5.21. The molecule has 1 aliphatic carbocycles. The maximum Gasteiger partial charge on any atom is 0.322 e. The molecule has 0 aromatic rings. The average molecular weight is 215 g/mol. The molecule has 1 rings (SSSR count). The highest BCUT2D eigenvalue weighted by Gasteiger charge is 2.37. The zero-order valence-corrected chi connectivity index (χ0v) is 9.03. The highest BCUT2D eigenvalue weighted by molar-refractivity contribution is 5.78. The standard InChI is InChI=1S/C10H17NO4/c1-3-15-10(14)6(2)11-8(9(12)13)7-4-5-7/h6-8,11H,3-5H2,1-2H3,(H,12,13). The molecule has 1 aliphatic rings. The third-order valence-electron chi connectivity index (χ3n) is 2.43.